The van der Waals surface area contributed by atoms with Crippen LogP contribution in [0.2, 0.25) is 0 Å². The topological polar surface area (TPSA) is 57.0 Å². The first-order valence-electron chi connectivity index (χ1n) is 8.16. The summed E-state index contributed by atoms with van der Waals surface area (Å²) in [6.45, 7) is 5.55. The SMILES string of the molecule is CCN(C(=O)CSc1nc(C)cc(C(F)(F)F)c1C#N)c1ccccc1C. The average Bonchev–Trinajstić information content (AvgIpc) is 2.61. The quantitative estimate of drug-likeness (QED) is 0.689. The van der Waals surface area contributed by atoms with Gasteiger partial charge in [0.05, 0.1) is 16.9 Å². The number of anilines is 1. The van der Waals surface area contributed by atoms with Gasteiger partial charge in [0.25, 0.3) is 0 Å². The molecule has 0 saturated heterocycles. The molecule has 0 atom stereocenters. The highest BCUT2D eigenvalue weighted by Gasteiger charge is 2.35. The van der Waals surface area contributed by atoms with Crippen LogP contribution in [0, 0.1) is 25.2 Å². The number of pyridine rings is 1. The fraction of sp³-hybridized carbons (Fsp3) is 0.316. The van der Waals surface area contributed by atoms with E-state index in [9.17, 15) is 23.2 Å². The molecular weight excluding hydrogens is 375 g/mol. The van der Waals surface area contributed by atoms with Crippen LogP contribution in [0.3, 0.4) is 0 Å². The van der Waals surface area contributed by atoms with Crippen molar-refractivity contribution in [1.82, 2.24) is 4.98 Å². The predicted octanol–water partition coefficient (Wildman–Crippen LogP) is 4.73. The number of alkyl halides is 3. The molecule has 2 rings (SSSR count). The average molecular weight is 393 g/mol. The molecule has 0 saturated carbocycles. The Morgan fingerprint density at radius 1 is 1.30 bits per heavy atom. The third-order valence-corrected chi connectivity index (χ3v) is 4.85. The summed E-state index contributed by atoms with van der Waals surface area (Å²) in [7, 11) is 0. The van der Waals surface area contributed by atoms with Crippen molar-refractivity contribution in [3.63, 3.8) is 0 Å². The van der Waals surface area contributed by atoms with E-state index in [0.29, 0.717) is 6.54 Å². The monoisotopic (exact) mass is 393 g/mol. The van der Waals surface area contributed by atoms with E-state index in [1.54, 1.807) is 11.0 Å². The second-order valence-corrected chi connectivity index (χ2v) is 6.78. The molecule has 1 heterocycles. The lowest BCUT2D eigenvalue weighted by atomic mass is 10.1. The number of halogens is 3. The molecule has 8 heteroatoms. The van der Waals surface area contributed by atoms with Crippen molar-refractivity contribution in [2.75, 3.05) is 17.2 Å². The lowest BCUT2D eigenvalue weighted by molar-refractivity contribution is -0.138. The van der Waals surface area contributed by atoms with E-state index >= 15 is 0 Å². The van der Waals surface area contributed by atoms with E-state index in [1.165, 1.54) is 6.92 Å². The third kappa shape index (κ3) is 4.80. The first-order valence-corrected chi connectivity index (χ1v) is 9.15. The molecular formula is C19H18F3N3OS. The van der Waals surface area contributed by atoms with Crippen LogP contribution >= 0.6 is 11.8 Å². The van der Waals surface area contributed by atoms with Crippen LogP contribution in [0.15, 0.2) is 35.4 Å². The minimum absolute atomic E-state index is 0.0842. The van der Waals surface area contributed by atoms with Gasteiger partial charge in [-0.2, -0.15) is 18.4 Å². The number of hydrogen-bond donors (Lipinski definition) is 0. The van der Waals surface area contributed by atoms with Crippen molar-refractivity contribution in [2.24, 2.45) is 0 Å². The maximum Gasteiger partial charge on any atom is 0.417 e. The number of nitriles is 1. The van der Waals surface area contributed by atoms with E-state index in [0.717, 1.165) is 29.1 Å². The molecule has 1 aromatic heterocycles. The van der Waals surface area contributed by atoms with Gasteiger partial charge < -0.3 is 4.90 Å². The maximum absolute atomic E-state index is 13.2. The van der Waals surface area contributed by atoms with Gasteiger partial charge in [-0.15, -0.1) is 0 Å². The fourth-order valence-electron chi connectivity index (χ4n) is 2.64. The number of carbonyl (C=O) groups is 1. The van der Waals surface area contributed by atoms with Gasteiger partial charge in [0.2, 0.25) is 5.91 Å². The van der Waals surface area contributed by atoms with Gasteiger partial charge in [0.15, 0.2) is 0 Å². The lowest BCUT2D eigenvalue weighted by Gasteiger charge is -2.23. The predicted molar refractivity (Wildman–Crippen MR) is 98.6 cm³/mol. The van der Waals surface area contributed by atoms with Crippen molar-refractivity contribution >= 4 is 23.4 Å². The fourth-order valence-corrected chi connectivity index (χ4v) is 3.56. The van der Waals surface area contributed by atoms with Gasteiger partial charge in [0.1, 0.15) is 11.1 Å². The van der Waals surface area contributed by atoms with E-state index in [-0.39, 0.29) is 22.4 Å². The number of para-hydroxylation sites is 1. The molecule has 0 aliphatic heterocycles. The van der Waals surface area contributed by atoms with Gasteiger partial charge in [-0.1, -0.05) is 30.0 Å². The van der Waals surface area contributed by atoms with Crippen molar-refractivity contribution < 1.29 is 18.0 Å². The number of amides is 1. The molecule has 0 bridgehead atoms. The first-order chi connectivity index (χ1) is 12.7. The molecule has 4 nitrogen and oxygen atoms in total. The van der Waals surface area contributed by atoms with Gasteiger partial charge in [-0.3, -0.25) is 4.79 Å². The summed E-state index contributed by atoms with van der Waals surface area (Å²) >= 11 is 0.844. The summed E-state index contributed by atoms with van der Waals surface area (Å²) in [6, 6.07) is 9.79. The highest BCUT2D eigenvalue weighted by atomic mass is 32.2. The Kier molecular flexibility index (Phi) is 6.50. The molecule has 142 valence electrons. The number of aryl methyl sites for hydroxylation is 2. The number of nitrogens with zero attached hydrogens (tertiary/aromatic N) is 3. The molecule has 0 radical (unpaired) electrons. The summed E-state index contributed by atoms with van der Waals surface area (Å²) in [6.07, 6.45) is -4.66. The minimum Gasteiger partial charge on any atom is -0.312 e. The van der Waals surface area contributed by atoms with Crippen molar-refractivity contribution in [3.05, 3.63) is 52.7 Å². The number of rotatable bonds is 5. The molecule has 1 amide bonds. The number of thioether (sulfide) groups is 1. The molecule has 1 aromatic carbocycles. The molecule has 2 aromatic rings. The zero-order chi connectivity index (χ0) is 20.2. The van der Waals surface area contributed by atoms with Gasteiger partial charge >= 0.3 is 6.18 Å². The summed E-state index contributed by atoms with van der Waals surface area (Å²) in [5.74, 6) is -0.387. The van der Waals surface area contributed by atoms with Gasteiger partial charge in [0, 0.05) is 17.9 Å². The third-order valence-electron chi connectivity index (χ3n) is 3.89. The number of benzene rings is 1. The second-order valence-electron chi connectivity index (χ2n) is 5.81. The number of aromatic nitrogens is 1. The summed E-state index contributed by atoms with van der Waals surface area (Å²) in [5.41, 5.74) is 0.230. The Labute approximate surface area is 160 Å². The number of hydrogen-bond acceptors (Lipinski definition) is 4. The molecule has 0 aliphatic carbocycles. The zero-order valence-electron chi connectivity index (χ0n) is 15.1. The molecule has 0 aliphatic rings. The minimum atomic E-state index is -4.66. The van der Waals surface area contributed by atoms with Crippen LogP contribution < -0.4 is 4.90 Å². The molecule has 0 N–H and O–H groups in total. The molecule has 0 spiro atoms. The summed E-state index contributed by atoms with van der Waals surface area (Å²) in [5, 5.41) is 9.11. The number of carbonyl (C=O) groups excluding carboxylic acids is 1. The van der Waals surface area contributed by atoms with Crippen LogP contribution in [-0.4, -0.2) is 23.2 Å². The Balaban J connectivity index is 2.28. The van der Waals surface area contributed by atoms with Crippen molar-refractivity contribution in [3.8, 4) is 6.07 Å². The molecule has 0 unspecified atom stereocenters. The normalized spacial score (nSPS) is 11.1. The van der Waals surface area contributed by atoms with Crippen LogP contribution in [-0.2, 0) is 11.0 Å². The van der Waals surface area contributed by atoms with E-state index in [1.807, 2.05) is 38.1 Å². The zero-order valence-corrected chi connectivity index (χ0v) is 15.9. The van der Waals surface area contributed by atoms with E-state index in [4.69, 9.17) is 0 Å². The maximum atomic E-state index is 13.2. The van der Waals surface area contributed by atoms with Crippen molar-refractivity contribution in [1.29, 1.82) is 5.26 Å². The van der Waals surface area contributed by atoms with Gasteiger partial charge in [-0.05, 0) is 38.5 Å². The Bertz CT molecular complexity index is 891. The van der Waals surface area contributed by atoms with E-state index < -0.39 is 17.3 Å². The summed E-state index contributed by atoms with van der Waals surface area (Å²) in [4.78, 5) is 18.2. The standard InChI is InChI=1S/C19H18F3N3OS/c1-4-25(16-8-6-5-7-12(16)2)17(26)11-27-18-14(10-23)15(19(20,21)22)9-13(3)24-18/h5-9H,4,11H2,1-3H3. The lowest BCUT2D eigenvalue weighted by Crippen LogP contribution is -2.32. The highest BCUT2D eigenvalue weighted by molar-refractivity contribution is 8.00. The summed E-state index contributed by atoms with van der Waals surface area (Å²) < 4.78 is 39.5. The van der Waals surface area contributed by atoms with Crippen LogP contribution in [0.4, 0.5) is 18.9 Å². The molecule has 27 heavy (non-hydrogen) atoms. The second kappa shape index (κ2) is 8.44. The van der Waals surface area contributed by atoms with Crippen LogP contribution in [0.25, 0.3) is 0 Å². The highest BCUT2D eigenvalue weighted by Crippen LogP contribution is 2.36. The van der Waals surface area contributed by atoms with Crippen molar-refractivity contribution in [2.45, 2.75) is 32.0 Å². The Morgan fingerprint density at radius 2 is 1.96 bits per heavy atom. The largest absolute Gasteiger partial charge is 0.417 e. The Morgan fingerprint density at radius 3 is 2.52 bits per heavy atom. The van der Waals surface area contributed by atoms with Crippen LogP contribution in [0.5, 0.6) is 0 Å². The van der Waals surface area contributed by atoms with Crippen LogP contribution in [0.1, 0.15) is 29.3 Å². The van der Waals surface area contributed by atoms with E-state index in [2.05, 4.69) is 4.98 Å². The first kappa shape index (κ1) is 20.8. The molecule has 0 fully saturated rings. The Hall–Kier alpha value is -2.53. The smallest absolute Gasteiger partial charge is 0.312 e. The van der Waals surface area contributed by atoms with Gasteiger partial charge in [-0.25, -0.2) is 4.98 Å².